The molecule has 3 aromatic rings. The molecular weight excluding hydrogens is 456 g/mol. The van der Waals surface area contributed by atoms with E-state index in [0.29, 0.717) is 16.5 Å². The van der Waals surface area contributed by atoms with Gasteiger partial charge in [0.15, 0.2) is 0 Å². The van der Waals surface area contributed by atoms with Gasteiger partial charge in [-0.05, 0) is 55.2 Å². The fraction of sp³-hybridized carbons (Fsp3) is 0.231. The molecule has 5 nitrogen and oxygen atoms in total. The molecule has 0 spiro atoms. The number of hydrogen-bond acceptors (Lipinski definition) is 4. The number of rotatable bonds is 8. The Morgan fingerprint density at radius 1 is 1.03 bits per heavy atom. The topological polar surface area (TPSA) is 67.4 Å². The molecule has 2 N–H and O–H groups in total. The lowest BCUT2D eigenvalue weighted by atomic mass is 10.1. The van der Waals surface area contributed by atoms with Crippen LogP contribution >= 0.6 is 23.4 Å². The highest BCUT2D eigenvalue weighted by molar-refractivity contribution is 8.00. The van der Waals surface area contributed by atoms with E-state index in [-0.39, 0.29) is 17.7 Å². The zero-order valence-corrected chi connectivity index (χ0v) is 20.0. The lowest BCUT2D eigenvalue weighted by Gasteiger charge is -2.19. The molecule has 7 heteroatoms. The summed E-state index contributed by atoms with van der Waals surface area (Å²) in [5.41, 5.74) is 3.02. The predicted molar refractivity (Wildman–Crippen MR) is 134 cm³/mol. The summed E-state index contributed by atoms with van der Waals surface area (Å²) in [7, 11) is 1.54. The zero-order valence-electron chi connectivity index (χ0n) is 18.4. The van der Waals surface area contributed by atoms with Crippen LogP contribution in [0.5, 0.6) is 5.75 Å². The molecule has 0 aliphatic heterocycles. The Balaban J connectivity index is 1.58. The molecule has 1 saturated carbocycles. The fourth-order valence-electron chi connectivity index (χ4n) is 3.40. The van der Waals surface area contributed by atoms with Crippen LogP contribution in [0.15, 0.2) is 71.6 Å². The number of ether oxygens (including phenoxy) is 1. The van der Waals surface area contributed by atoms with Gasteiger partial charge in [-0.3, -0.25) is 9.59 Å². The number of thioether (sulfide) groups is 1. The normalized spacial score (nSPS) is 13.8. The van der Waals surface area contributed by atoms with Crippen LogP contribution in [-0.4, -0.2) is 18.9 Å². The van der Waals surface area contributed by atoms with Gasteiger partial charge in [-0.15, -0.1) is 11.8 Å². The molecule has 1 atom stereocenters. The van der Waals surface area contributed by atoms with E-state index in [2.05, 4.69) is 10.6 Å². The molecule has 2 amide bonds. The van der Waals surface area contributed by atoms with Crippen LogP contribution in [0.4, 0.5) is 11.4 Å². The minimum Gasteiger partial charge on any atom is -0.495 e. The average molecular weight is 481 g/mol. The number of amides is 2. The van der Waals surface area contributed by atoms with Crippen LogP contribution in [-0.2, 0) is 9.59 Å². The molecule has 1 unspecified atom stereocenters. The Labute approximate surface area is 202 Å². The van der Waals surface area contributed by atoms with E-state index in [1.165, 1.54) is 11.8 Å². The molecule has 33 heavy (non-hydrogen) atoms. The molecular formula is C26H25ClN2O3S. The Morgan fingerprint density at radius 2 is 1.79 bits per heavy atom. The minimum atomic E-state index is -0.513. The number of halogens is 1. The highest BCUT2D eigenvalue weighted by Crippen LogP contribution is 2.39. The molecule has 1 aliphatic rings. The maximum absolute atomic E-state index is 13.5. The van der Waals surface area contributed by atoms with Crippen LogP contribution in [0.1, 0.15) is 29.2 Å². The molecule has 4 rings (SSSR count). The SMILES string of the molecule is COc1cc(Cl)c(C)cc1NC(=O)C(Sc1cccc(NC(=O)C2CC2)c1)c1ccccc1. The Kier molecular flexibility index (Phi) is 7.26. The second-order valence-electron chi connectivity index (χ2n) is 7.99. The third kappa shape index (κ3) is 5.89. The number of nitrogens with one attached hydrogen (secondary N) is 2. The molecule has 1 fully saturated rings. The van der Waals surface area contributed by atoms with Crippen LogP contribution in [0, 0.1) is 12.8 Å². The second-order valence-corrected chi connectivity index (χ2v) is 9.58. The molecule has 0 heterocycles. The Hall–Kier alpha value is -2.96. The van der Waals surface area contributed by atoms with Crippen molar-refractivity contribution < 1.29 is 14.3 Å². The summed E-state index contributed by atoms with van der Waals surface area (Å²) in [6.45, 7) is 1.88. The number of hydrogen-bond donors (Lipinski definition) is 2. The first kappa shape index (κ1) is 23.2. The van der Waals surface area contributed by atoms with Gasteiger partial charge >= 0.3 is 0 Å². The van der Waals surface area contributed by atoms with Gasteiger partial charge in [-0.1, -0.05) is 48.0 Å². The summed E-state index contributed by atoms with van der Waals surface area (Å²) < 4.78 is 5.42. The Bertz CT molecular complexity index is 1170. The number of aryl methyl sites for hydroxylation is 1. The highest BCUT2D eigenvalue weighted by Gasteiger charge is 2.29. The van der Waals surface area contributed by atoms with Crippen LogP contribution in [0.25, 0.3) is 0 Å². The highest BCUT2D eigenvalue weighted by atomic mass is 35.5. The Morgan fingerprint density at radius 3 is 2.48 bits per heavy atom. The smallest absolute Gasteiger partial charge is 0.242 e. The lowest BCUT2D eigenvalue weighted by molar-refractivity contribution is -0.117. The number of carbonyl (C=O) groups excluding carboxylic acids is 2. The van der Waals surface area contributed by atoms with E-state index in [9.17, 15) is 9.59 Å². The maximum Gasteiger partial charge on any atom is 0.242 e. The van der Waals surface area contributed by atoms with E-state index >= 15 is 0 Å². The number of anilines is 2. The molecule has 0 bridgehead atoms. The van der Waals surface area contributed by atoms with E-state index in [4.69, 9.17) is 16.3 Å². The molecule has 170 valence electrons. The molecule has 0 aromatic heterocycles. The minimum absolute atomic E-state index is 0.0553. The van der Waals surface area contributed by atoms with Crippen molar-refractivity contribution in [2.45, 2.75) is 29.9 Å². The van der Waals surface area contributed by atoms with Crippen LogP contribution in [0.3, 0.4) is 0 Å². The van der Waals surface area contributed by atoms with E-state index in [0.717, 1.165) is 34.6 Å². The van der Waals surface area contributed by atoms with Crippen LogP contribution < -0.4 is 15.4 Å². The van der Waals surface area contributed by atoms with Gasteiger partial charge in [0.25, 0.3) is 0 Å². The van der Waals surface area contributed by atoms with E-state index in [1.54, 1.807) is 19.2 Å². The van der Waals surface area contributed by atoms with Gasteiger partial charge in [0.1, 0.15) is 11.0 Å². The van der Waals surface area contributed by atoms with Crippen molar-refractivity contribution >= 4 is 46.6 Å². The molecule has 3 aromatic carbocycles. The summed E-state index contributed by atoms with van der Waals surface area (Å²) in [5, 5.41) is 6.04. The molecule has 1 aliphatic carbocycles. The summed E-state index contributed by atoms with van der Waals surface area (Å²) in [4.78, 5) is 26.5. The van der Waals surface area contributed by atoms with E-state index in [1.807, 2.05) is 61.5 Å². The van der Waals surface area contributed by atoms with Crippen molar-refractivity contribution in [3.05, 3.63) is 82.9 Å². The summed E-state index contributed by atoms with van der Waals surface area (Å²) in [6, 6.07) is 20.7. The standard InChI is InChI=1S/C26H25ClN2O3S/c1-16-13-22(23(32-2)15-21(16)27)29-26(31)24(17-7-4-3-5-8-17)33-20-10-6-9-19(14-20)28-25(30)18-11-12-18/h3-10,13-15,18,24H,11-12H2,1-2H3,(H,28,30)(H,29,31). The third-order valence-corrected chi connectivity index (χ3v) is 7.04. The van der Waals surface area contributed by atoms with Crippen LogP contribution in [0.2, 0.25) is 5.02 Å². The largest absolute Gasteiger partial charge is 0.495 e. The first-order chi connectivity index (χ1) is 15.9. The van der Waals surface area contributed by atoms with Gasteiger partial charge < -0.3 is 15.4 Å². The van der Waals surface area contributed by atoms with Crippen molar-refractivity contribution in [1.82, 2.24) is 0 Å². The quantitative estimate of drug-likeness (QED) is 0.362. The summed E-state index contributed by atoms with van der Waals surface area (Å²) in [6.07, 6.45) is 1.90. The van der Waals surface area contributed by atoms with Gasteiger partial charge in [-0.2, -0.15) is 0 Å². The van der Waals surface area contributed by atoms with Crippen molar-refractivity contribution in [2.75, 3.05) is 17.7 Å². The monoisotopic (exact) mass is 480 g/mol. The summed E-state index contributed by atoms with van der Waals surface area (Å²) >= 11 is 7.64. The summed E-state index contributed by atoms with van der Waals surface area (Å²) in [5.74, 6) is 0.501. The second kappa shape index (κ2) is 10.3. The lowest BCUT2D eigenvalue weighted by Crippen LogP contribution is -2.19. The zero-order chi connectivity index (χ0) is 23.4. The van der Waals surface area contributed by atoms with Crippen molar-refractivity contribution in [3.8, 4) is 5.75 Å². The average Bonchev–Trinajstić information content (AvgIpc) is 3.66. The predicted octanol–water partition coefficient (Wildman–Crippen LogP) is 6.48. The maximum atomic E-state index is 13.5. The van der Waals surface area contributed by atoms with Crippen molar-refractivity contribution in [1.29, 1.82) is 0 Å². The van der Waals surface area contributed by atoms with Gasteiger partial charge in [0, 0.05) is 27.6 Å². The first-order valence-electron chi connectivity index (χ1n) is 10.7. The van der Waals surface area contributed by atoms with Crippen molar-refractivity contribution in [3.63, 3.8) is 0 Å². The van der Waals surface area contributed by atoms with E-state index < -0.39 is 5.25 Å². The third-order valence-electron chi connectivity index (χ3n) is 5.38. The van der Waals surface area contributed by atoms with Crippen molar-refractivity contribution in [2.24, 2.45) is 5.92 Å². The number of benzene rings is 3. The number of carbonyl (C=O) groups is 2. The first-order valence-corrected chi connectivity index (χ1v) is 12.0. The molecule has 0 saturated heterocycles. The number of methoxy groups -OCH3 is 1. The van der Waals surface area contributed by atoms with Gasteiger partial charge in [0.05, 0.1) is 12.8 Å². The van der Waals surface area contributed by atoms with Gasteiger partial charge in [-0.25, -0.2) is 0 Å². The fourth-order valence-corrected chi connectivity index (χ4v) is 4.64. The molecule has 0 radical (unpaired) electrons. The van der Waals surface area contributed by atoms with Gasteiger partial charge in [0.2, 0.25) is 11.8 Å².